The van der Waals surface area contributed by atoms with Crippen molar-refractivity contribution in [2.45, 2.75) is 19.4 Å². The molecule has 0 radical (unpaired) electrons. The second kappa shape index (κ2) is 5.31. The lowest BCUT2D eigenvalue weighted by atomic mass is 10.0. The molecule has 0 aliphatic rings. The first-order valence-corrected chi connectivity index (χ1v) is 5.71. The predicted octanol–water partition coefficient (Wildman–Crippen LogP) is 1.39. The molecule has 0 fully saturated rings. The van der Waals surface area contributed by atoms with Crippen molar-refractivity contribution in [2.24, 2.45) is 0 Å². The molecule has 0 saturated heterocycles. The molecule has 1 N–H and O–H groups in total. The van der Waals surface area contributed by atoms with E-state index in [-0.39, 0.29) is 5.82 Å². The van der Waals surface area contributed by atoms with Gasteiger partial charge < -0.3 is 5.11 Å². The Hall–Kier alpha value is -2.68. The minimum Gasteiger partial charge on any atom is -0.481 e. The summed E-state index contributed by atoms with van der Waals surface area (Å²) in [7, 11) is 0. The summed E-state index contributed by atoms with van der Waals surface area (Å²) in [5.74, 6) is -1.23. The Labute approximate surface area is 109 Å². The van der Waals surface area contributed by atoms with Gasteiger partial charge >= 0.3 is 5.97 Å². The smallest absolute Gasteiger partial charge is 0.310 e. The third kappa shape index (κ3) is 2.96. The fourth-order valence-corrected chi connectivity index (χ4v) is 1.66. The SMILES string of the molecule is CC(C(=O)O)c1ccc(Cn2cnc(C#N)n2)cc1. The molecule has 0 bridgehead atoms. The summed E-state index contributed by atoms with van der Waals surface area (Å²) in [6, 6.07) is 9.14. The number of hydrogen-bond acceptors (Lipinski definition) is 4. The zero-order chi connectivity index (χ0) is 13.8. The second-order valence-corrected chi connectivity index (χ2v) is 4.18. The normalized spacial score (nSPS) is 11.8. The number of aromatic nitrogens is 3. The number of nitriles is 1. The lowest BCUT2D eigenvalue weighted by Crippen LogP contribution is -2.07. The fourth-order valence-electron chi connectivity index (χ4n) is 1.66. The van der Waals surface area contributed by atoms with Gasteiger partial charge in [0.2, 0.25) is 0 Å². The largest absolute Gasteiger partial charge is 0.481 e. The van der Waals surface area contributed by atoms with Crippen LogP contribution in [-0.2, 0) is 11.3 Å². The molecule has 0 aliphatic heterocycles. The third-order valence-corrected chi connectivity index (χ3v) is 2.83. The Bertz CT molecular complexity index is 625. The van der Waals surface area contributed by atoms with Crippen LogP contribution in [0.25, 0.3) is 0 Å². The van der Waals surface area contributed by atoms with Crippen molar-refractivity contribution in [2.75, 3.05) is 0 Å². The van der Waals surface area contributed by atoms with Gasteiger partial charge in [0.15, 0.2) is 0 Å². The van der Waals surface area contributed by atoms with E-state index < -0.39 is 11.9 Å². The predicted molar refractivity (Wildman–Crippen MR) is 66.3 cm³/mol. The van der Waals surface area contributed by atoms with Gasteiger partial charge in [-0.2, -0.15) is 5.26 Å². The molecule has 1 aromatic heterocycles. The van der Waals surface area contributed by atoms with E-state index in [0.29, 0.717) is 6.54 Å². The van der Waals surface area contributed by atoms with Gasteiger partial charge in [0.25, 0.3) is 5.82 Å². The van der Waals surface area contributed by atoms with Crippen LogP contribution in [0.2, 0.25) is 0 Å². The molecule has 0 aliphatic carbocycles. The van der Waals surface area contributed by atoms with Gasteiger partial charge in [-0.25, -0.2) is 9.67 Å². The highest BCUT2D eigenvalue weighted by Gasteiger charge is 2.13. The Kier molecular flexibility index (Phi) is 3.57. The van der Waals surface area contributed by atoms with Crippen molar-refractivity contribution >= 4 is 5.97 Å². The maximum absolute atomic E-state index is 10.9. The minimum atomic E-state index is -0.845. The molecule has 96 valence electrons. The number of aliphatic carboxylic acids is 1. The van der Waals surface area contributed by atoms with Crippen molar-refractivity contribution in [1.29, 1.82) is 5.26 Å². The summed E-state index contributed by atoms with van der Waals surface area (Å²) in [6.45, 7) is 2.14. The van der Waals surface area contributed by atoms with Crippen molar-refractivity contribution in [3.63, 3.8) is 0 Å². The van der Waals surface area contributed by atoms with E-state index in [9.17, 15) is 4.79 Å². The highest BCUT2D eigenvalue weighted by Crippen LogP contribution is 2.16. The number of carboxylic acid groups (broad SMARTS) is 1. The van der Waals surface area contributed by atoms with Crippen LogP contribution in [-0.4, -0.2) is 25.8 Å². The molecule has 2 rings (SSSR count). The van der Waals surface area contributed by atoms with Crippen LogP contribution in [0.15, 0.2) is 30.6 Å². The van der Waals surface area contributed by atoms with Gasteiger partial charge in [-0.15, -0.1) is 5.10 Å². The van der Waals surface area contributed by atoms with Crippen molar-refractivity contribution in [3.05, 3.63) is 47.5 Å². The molecule has 1 atom stereocenters. The van der Waals surface area contributed by atoms with E-state index in [1.54, 1.807) is 23.7 Å². The summed E-state index contributed by atoms with van der Waals surface area (Å²) < 4.78 is 1.56. The summed E-state index contributed by atoms with van der Waals surface area (Å²) in [5.41, 5.74) is 1.73. The molecule has 0 saturated carbocycles. The lowest BCUT2D eigenvalue weighted by Gasteiger charge is -2.07. The molecular formula is C13H12N4O2. The van der Waals surface area contributed by atoms with Crippen molar-refractivity contribution in [3.8, 4) is 6.07 Å². The standard InChI is InChI=1S/C13H12N4O2/c1-9(13(18)19)11-4-2-10(3-5-11)7-17-8-15-12(6-14)16-17/h2-5,8-9H,7H2,1H3,(H,18,19). The van der Waals surface area contributed by atoms with Crippen LogP contribution in [0, 0.1) is 11.3 Å². The molecule has 1 aromatic carbocycles. The number of carboxylic acids is 1. The molecule has 1 heterocycles. The van der Waals surface area contributed by atoms with Crippen LogP contribution in [0.1, 0.15) is 29.8 Å². The van der Waals surface area contributed by atoms with Crippen molar-refractivity contribution < 1.29 is 9.90 Å². The first-order chi connectivity index (χ1) is 9.10. The zero-order valence-electron chi connectivity index (χ0n) is 10.3. The topological polar surface area (TPSA) is 91.8 Å². The van der Waals surface area contributed by atoms with Gasteiger partial charge in [-0.3, -0.25) is 4.79 Å². The van der Waals surface area contributed by atoms with Crippen LogP contribution in [0.3, 0.4) is 0 Å². The minimum absolute atomic E-state index is 0.135. The molecule has 6 heteroatoms. The Morgan fingerprint density at radius 1 is 1.47 bits per heavy atom. The van der Waals surface area contributed by atoms with Gasteiger partial charge in [-0.1, -0.05) is 24.3 Å². The number of carbonyl (C=O) groups is 1. The van der Waals surface area contributed by atoms with Crippen LogP contribution in [0.4, 0.5) is 0 Å². The molecule has 0 spiro atoms. The maximum Gasteiger partial charge on any atom is 0.310 e. The Balaban J connectivity index is 2.11. The van der Waals surface area contributed by atoms with Crippen LogP contribution in [0.5, 0.6) is 0 Å². The molecular weight excluding hydrogens is 244 g/mol. The Morgan fingerprint density at radius 2 is 2.16 bits per heavy atom. The van der Waals surface area contributed by atoms with Crippen LogP contribution < -0.4 is 0 Å². The number of rotatable bonds is 4. The lowest BCUT2D eigenvalue weighted by molar-refractivity contribution is -0.138. The van der Waals surface area contributed by atoms with Gasteiger partial charge in [0.1, 0.15) is 12.4 Å². The first-order valence-electron chi connectivity index (χ1n) is 5.71. The van der Waals surface area contributed by atoms with E-state index in [0.717, 1.165) is 11.1 Å². The highest BCUT2D eigenvalue weighted by atomic mass is 16.4. The molecule has 6 nitrogen and oxygen atoms in total. The summed E-state index contributed by atoms with van der Waals surface area (Å²) >= 11 is 0. The summed E-state index contributed by atoms with van der Waals surface area (Å²) in [5, 5.41) is 21.5. The van der Waals surface area contributed by atoms with E-state index in [1.807, 2.05) is 18.2 Å². The number of nitrogens with zero attached hydrogens (tertiary/aromatic N) is 4. The zero-order valence-corrected chi connectivity index (χ0v) is 10.3. The van der Waals surface area contributed by atoms with Gasteiger partial charge in [0.05, 0.1) is 12.5 Å². The van der Waals surface area contributed by atoms with E-state index in [1.165, 1.54) is 6.33 Å². The number of benzene rings is 1. The second-order valence-electron chi connectivity index (χ2n) is 4.18. The first kappa shape index (κ1) is 12.8. The van der Waals surface area contributed by atoms with Gasteiger partial charge in [0, 0.05) is 0 Å². The van der Waals surface area contributed by atoms with E-state index >= 15 is 0 Å². The van der Waals surface area contributed by atoms with Gasteiger partial charge in [-0.05, 0) is 18.1 Å². The fraction of sp³-hybridized carbons (Fsp3) is 0.231. The molecule has 1 unspecified atom stereocenters. The van der Waals surface area contributed by atoms with E-state index in [4.69, 9.17) is 10.4 Å². The van der Waals surface area contributed by atoms with Crippen LogP contribution >= 0.6 is 0 Å². The quantitative estimate of drug-likeness (QED) is 0.892. The van der Waals surface area contributed by atoms with E-state index in [2.05, 4.69) is 10.1 Å². The highest BCUT2D eigenvalue weighted by molar-refractivity contribution is 5.75. The number of hydrogen-bond donors (Lipinski definition) is 1. The maximum atomic E-state index is 10.9. The molecule has 0 amide bonds. The Morgan fingerprint density at radius 3 is 2.68 bits per heavy atom. The summed E-state index contributed by atoms with van der Waals surface area (Å²) in [4.78, 5) is 14.7. The van der Waals surface area contributed by atoms with Crippen molar-refractivity contribution in [1.82, 2.24) is 14.8 Å². The monoisotopic (exact) mass is 256 g/mol. The molecule has 19 heavy (non-hydrogen) atoms. The summed E-state index contributed by atoms with van der Waals surface area (Å²) in [6.07, 6.45) is 1.49. The average molecular weight is 256 g/mol. The average Bonchev–Trinajstić information content (AvgIpc) is 2.86. The third-order valence-electron chi connectivity index (χ3n) is 2.83. The molecule has 2 aromatic rings.